The predicted molar refractivity (Wildman–Crippen MR) is 123 cm³/mol. The van der Waals surface area contributed by atoms with Crippen LogP contribution in [0.1, 0.15) is 64.5 Å². The van der Waals surface area contributed by atoms with Crippen LogP contribution in [0.3, 0.4) is 0 Å². The monoisotopic (exact) mass is 528 g/mol. The smallest absolute Gasteiger partial charge is 1.00 e. The van der Waals surface area contributed by atoms with Gasteiger partial charge in [-0.3, -0.25) is 0 Å². The van der Waals surface area contributed by atoms with E-state index in [1.54, 1.807) is 25.8 Å². The molecule has 2 atom stereocenters. The first kappa shape index (κ1) is 31.0. The number of hydrogen-bond donors (Lipinski definition) is 0. The largest absolute Gasteiger partial charge is 1.00 e. The van der Waals surface area contributed by atoms with E-state index in [4.69, 9.17) is 0 Å². The molecule has 0 amide bonds. The molecule has 31 heavy (non-hydrogen) atoms. The zero-order valence-electron chi connectivity index (χ0n) is 19.7. The molecule has 0 radical (unpaired) electrons. The van der Waals surface area contributed by atoms with Gasteiger partial charge in [0, 0.05) is 0 Å². The Kier molecular flexibility index (Phi) is 12.4. The Morgan fingerprint density at radius 2 is 1.52 bits per heavy atom. The van der Waals surface area contributed by atoms with Crippen molar-refractivity contribution in [3.8, 4) is 0 Å². The maximum absolute atomic E-state index is 2.54. The van der Waals surface area contributed by atoms with E-state index in [0.29, 0.717) is 5.41 Å². The van der Waals surface area contributed by atoms with Gasteiger partial charge in [-0.1, -0.05) is 0 Å². The van der Waals surface area contributed by atoms with Crippen LogP contribution in [0.2, 0.25) is 5.04 Å². The molecule has 2 aliphatic carbocycles. The van der Waals surface area contributed by atoms with Gasteiger partial charge in [-0.25, -0.2) is 0 Å². The molecule has 0 fully saturated rings. The Balaban J connectivity index is 0.00000300. The van der Waals surface area contributed by atoms with E-state index in [0.717, 1.165) is 0 Å². The molecule has 0 N–H and O–H groups in total. The minimum Gasteiger partial charge on any atom is -1.00 e. The summed E-state index contributed by atoms with van der Waals surface area (Å²) in [4.78, 5) is 0. The molecule has 5 heteroatoms. The summed E-state index contributed by atoms with van der Waals surface area (Å²) in [5.41, 5.74) is 7.90. The zero-order valence-corrected chi connectivity index (χ0v) is 25.0. The van der Waals surface area contributed by atoms with Crippen molar-refractivity contribution in [3.05, 3.63) is 74.2 Å². The molecule has 0 saturated heterocycles. The molecule has 0 nitrogen and oxygen atoms in total. The average molecular weight is 530 g/mol. The van der Waals surface area contributed by atoms with Crippen molar-refractivity contribution < 1.29 is 57.7 Å². The van der Waals surface area contributed by atoms with Crippen molar-refractivity contribution in [1.82, 2.24) is 0 Å². The van der Waals surface area contributed by atoms with E-state index in [9.17, 15) is 0 Å². The molecule has 168 valence electrons. The molecule has 2 aliphatic rings. The molecule has 0 spiro atoms. The minimum absolute atomic E-state index is 0. The van der Waals surface area contributed by atoms with Crippen molar-refractivity contribution in [1.29, 1.82) is 0 Å². The quantitative estimate of drug-likeness (QED) is 0.348. The first-order chi connectivity index (χ1) is 13.2. The van der Waals surface area contributed by atoms with Crippen LogP contribution in [0.4, 0.5) is 0 Å². The van der Waals surface area contributed by atoms with Crippen LogP contribution in [0, 0.1) is 19.3 Å². The third-order valence-corrected chi connectivity index (χ3v) is 11.5. The Hall–Kier alpha value is -0.0188. The standard InChI is InChI=1S/C26H35Si.3ClH.Ti/c1-7-11-25(12-9-8-10-13-25)18-26(17-21(4)22(5)23(26)6)27-24-15-19(2)14-20(3)16-24;;;;/h8-10,12,14-16H,7,11,13,18,27H2,1-6H3;3*1H;/q;;;;+3/p-3. The van der Waals surface area contributed by atoms with E-state index in [1.807, 2.05) is 0 Å². The Labute approximate surface area is 223 Å². The molecular weight excluding hydrogens is 495 g/mol. The first-order valence-electron chi connectivity index (χ1n) is 10.8. The van der Waals surface area contributed by atoms with Crippen LogP contribution >= 0.6 is 0 Å². The molecule has 0 bridgehead atoms. The maximum Gasteiger partial charge on any atom is -1.00 e. The van der Waals surface area contributed by atoms with Gasteiger partial charge in [-0.15, -0.1) is 0 Å². The Bertz CT molecular complexity index is 854. The molecule has 1 aromatic carbocycles. The molecule has 3 rings (SSSR count). The average Bonchev–Trinajstić information content (AvgIpc) is 2.78. The Morgan fingerprint density at radius 3 is 1.97 bits per heavy atom. The second-order valence-corrected chi connectivity index (χ2v) is 12.4. The molecule has 1 aromatic rings. The normalized spacial score (nSPS) is 25.0. The van der Waals surface area contributed by atoms with Gasteiger partial charge in [0.2, 0.25) is 0 Å². The number of benzene rings is 1. The van der Waals surface area contributed by atoms with Gasteiger partial charge in [0.15, 0.2) is 0 Å². The summed E-state index contributed by atoms with van der Waals surface area (Å²) in [6.45, 7) is 14.0. The van der Waals surface area contributed by atoms with Crippen molar-refractivity contribution in [2.24, 2.45) is 5.41 Å². The topological polar surface area (TPSA) is 0 Å². The van der Waals surface area contributed by atoms with Gasteiger partial charge < -0.3 is 37.2 Å². The molecule has 0 heterocycles. The molecule has 2 unspecified atom stereocenters. The van der Waals surface area contributed by atoms with Crippen molar-refractivity contribution in [2.75, 3.05) is 0 Å². The molecule has 0 saturated carbocycles. The van der Waals surface area contributed by atoms with Crippen LogP contribution in [0.5, 0.6) is 0 Å². The number of halogens is 3. The number of aryl methyl sites for hydroxylation is 2. The first-order valence-corrected chi connectivity index (χ1v) is 13.0. The number of allylic oxidation sites excluding steroid dienone is 8. The van der Waals surface area contributed by atoms with Gasteiger partial charge in [0.05, 0.1) is 0 Å². The predicted octanol–water partition coefficient (Wildman–Crippen LogP) is -2.87. The van der Waals surface area contributed by atoms with Crippen LogP contribution in [-0.4, -0.2) is 9.52 Å². The minimum atomic E-state index is -0.516. The van der Waals surface area contributed by atoms with E-state index in [2.05, 4.69) is 104 Å². The zero-order chi connectivity index (χ0) is 20.5. The molecule has 0 aromatic heterocycles. The van der Waals surface area contributed by atoms with Crippen molar-refractivity contribution in [3.63, 3.8) is 0 Å². The van der Waals surface area contributed by atoms with Gasteiger partial charge in [-0.2, -0.15) is 0 Å². The van der Waals surface area contributed by atoms with Crippen molar-refractivity contribution in [2.45, 2.75) is 72.3 Å². The van der Waals surface area contributed by atoms with Crippen LogP contribution in [-0.2, 0) is 20.4 Å². The fourth-order valence-corrected chi connectivity index (χ4v) is 9.89. The summed E-state index contributed by atoms with van der Waals surface area (Å²) < 4.78 is 1.66. The summed E-state index contributed by atoms with van der Waals surface area (Å²) in [5, 5.41) is 1.90. The van der Waals surface area contributed by atoms with Crippen molar-refractivity contribution >= 4 is 14.7 Å². The third-order valence-electron chi connectivity index (χ3n) is 7.11. The third kappa shape index (κ3) is 6.31. The summed E-state index contributed by atoms with van der Waals surface area (Å²) in [5.74, 6) is 0. The van der Waals surface area contributed by atoms with Crippen LogP contribution in [0.15, 0.2) is 63.1 Å². The second-order valence-electron chi connectivity index (χ2n) is 9.29. The van der Waals surface area contributed by atoms with E-state index < -0.39 is 9.52 Å². The van der Waals surface area contributed by atoms with Gasteiger partial charge in [0.25, 0.3) is 0 Å². The van der Waals surface area contributed by atoms with Crippen LogP contribution in [0.25, 0.3) is 0 Å². The Morgan fingerprint density at radius 1 is 0.903 bits per heavy atom. The molecular formula is C26H35Cl3SiTi. The van der Waals surface area contributed by atoms with Gasteiger partial charge in [-0.05, 0) is 0 Å². The fourth-order valence-electron chi connectivity index (χ4n) is 5.61. The summed E-state index contributed by atoms with van der Waals surface area (Å²) >= 11 is 2.44. The maximum atomic E-state index is 2.54. The van der Waals surface area contributed by atoms with E-state index in [-0.39, 0.29) is 42.3 Å². The SMILES string of the molecule is CCCC1(CC2([SiH2]c3cc(C)cc(C)c3)C(C)=C(C)C(C)=[C]2[Ti+3])C=CC=CC1.[Cl-].[Cl-].[Cl-]. The summed E-state index contributed by atoms with van der Waals surface area (Å²) in [7, 11) is -0.516. The second kappa shape index (κ2) is 12.4. The van der Waals surface area contributed by atoms with E-state index >= 15 is 0 Å². The van der Waals surface area contributed by atoms with Gasteiger partial charge >= 0.3 is 187 Å². The number of rotatable bonds is 6. The van der Waals surface area contributed by atoms with Crippen LogP contribution < -0.4 is 42.4 Å². The van der Waals surface area contributed by atoms with E-state index in [1.165, 1.54) is 36.8 Å². The van der Waals surface area contributed by atoms with Gasteiger partial charge in [0.1, 0.15) is 0 Å². The fraction of sp³-hybridized carbons (Fsp3) is 0.462. The molecule has 0 aliphatic heterocycles. The summed E-state index contributed by atoms with van der Waals surface area (Å²) in [6.07, 6.45) is 14.5. The number of hydrogen-bond acceptors (Lipinski definition) is 0. The summed E-state index contributed by atoms with van der Waals surface area (Å²) in [6, 6.07) is 7.25.